The summed E-state index contributed by atoms with van der Waals surface area (Å²) in [5, 5.41) is 3.60. The summed E-state index contributed by atoms with van der Waals surface area (Å²) in [5.74, 6) is 1.77. The topological polar surface area (TPSA) is 63.1 Å². The van der Waals surface area contributed by atoms with Gasteiger partial charge in [-0.3, -0.25) is 14.3 Å². The molecule has 3 rings (SSSR count). The lowest BCUT2D eigenvalue weighted by Gasteiger charge is -2.15. The first-order chi connectivity index (χ1) is 11.2. The van der Waals surface area contributed by atoms with Crippen molar-refractivity contribution >= 4 is 35.0 Å². The lowest BCUT2D eigenvalue weighted by Crippen LogP contribution is -2.31. The molecule has 0 spiro atoms. The lowest BCUT2D eigenvalue weighted by atomic mass is 10.2. The van der Waals surface area contributed by atoms with Crippen molar-refractivity contribution < 1.29 is 4.79 Å². The number of carbonyl (C=O) groups is 1. The molecule has 8 heteroatoms. The summed E-state index contributed by atoms with van der Waals surface area (Å²) in [5.41, 5.74) is 0.942. The summed E-state index contributed by atoms with van der Waals surface area (Å²) in [4.78, 5) is 22.4. The van der Waals surface area contributed by atoms with Crippen LogP contribution in [0.4, 0.5) is 0 Å². The fourth-order valence-electron chi connectivity index (χ4n) is 2.40. The van der Waals surface area contributed by atoms with Gasteiger partial charge >= 0.3 is 0 Å². The second-order valence-electron chi connectivity index (χ2n) is 5.20. The van der Waals surface area contributed by atoms with Crippen molar-refractivity contribution in [1.82, 2.24) is 24.8 Å². The Bertz CT molecular complexity index is 686. The number of amides is 1. The van der Waals surface area contributed by atoms with Crippen molar-refractivity contribution in [3.8, 4) is 5.82 Å². The van der Waals surface area contributed by atoms with Crippen LogP contribution < -0.4 is 5.32 Å². The summed E-state index contributed by atoms with van der Waals surface area (Å²) < 4.78 is 1.83. The Balaban J connectivity index is 1.67. The molecule has 0 aliphatic carbocycles. The maximum Gasteiger partial charge on any atom is 0.251 e. The van der Waals surface area contributed by atoms with Gasteiger partial charge in [0.2, 0.25) is 0 Å². The van der Waals surface area contributed by atoms with Crippen molar-refractivity contribution in [1.29, 1.82) is 0 Å². The first kappa shape index (κ1) is 15.9. The Morgan fingerprint density at radius 3 is 2.96 bits per heavy atom. The van der Waals surface area contributed by atoms with E-state index in [0.29, 0.717) is 11.7 Å². The Morgan fingerprint density at radius 2 is 2.30 bits per heavy atom. The molecule has 1 fully saturated rings. The normalized spacial score (nSPS) is 17.6. The molecule has 1 saturated heterocycles. The third-order valence-corrected chi connectivity index (χ3v) is 4.62. The number of thiocarbonyl (C=S) groups is 1. The van der Waals surface area contributed by atoms with Gasteiger partial charge in [0.1, 0.15) is 18.2 Å². The summed E-state index contributed by atoms with van der Waals surface area (Å²) in [7, 11) is 0. The molecule has 0 saturated carbocycles. The molecule has 0 unspecified atom stereocenters. The number of hydrogen-bond donors (Lipinski definition) is 1. The molecule has 120 valence electrons. The third kappa shape index (κ3) is 3.53. The van der Waals surface area contributed by atoms with Crippen LogP contribution in [0.1, 0.15) is 12.0 Å². The lowest BCUT2D eigenvalue weighted by molar-refractivity contribution is -0.127. The highest BCUT2D eigenvalue weighted by molar-refractivity contribution is 7.98. The van der Waals surface area contributed by atoms with E-state index in [1.807, 2.05) is 29.2 Å². The smallest absolute Gasteiger partial charge is 0.251 e. The van der Waals surface area contributed by atoms with Crippen LogP contribution in [0.5, 0.6) is 0 Å². The molecule has 2 aromatic heterocycles. The molecule has 1 amide bonds. The zero-order valence-electron chi connectivity index (χ0n) is 12.7. The number of aromatic nitrogens is 3. The summed E-state index contributed by atoms with van der Waals surface area (Å²) in [6, 6.07) is 3.65. The first-order valence-electron chi connectivity index (χ1n) is 7.23. The van der Waals surface area contributed by atoms with Gasteiger partial charge < -0.3 is 5.32 Å². The molecule has 0 radical (unpaired) electrons. The second kappa shape index (κ2) is 7.10. The van der Waals surface area contributed by atoms with E-state index in [2.05, 4.69) is 15.3 Å². The maximum absolute atomic E-state index is 12.4. The van der Waals surface area contributed by atoms with E-state index in [-0.39, 0.29) is 11.9 Å². The Morgan fingerprint density at radius 1 is 1.43 bits per heavy atom. The fraction of sp³-hybridized carbons (Fsp3) is 0.333. The summed E-state index contributed by atoms with van der Waals surface area (Å²) in [6.07, 6.45) is 9.82. The molecule has 1 aliphatic rings. The van der Waals surface area contributed by atoms with Crippen LogP contribution in [-0.2, 0) is 11.3 Å². The summed E-state index contributed by atoms with van der Waals surface area (Å²) >= 11 is 7.02. The minimum atomic E-state index is -0.201. The molecule has 2 aromatic rings. The number of nitrogens with zero attached hydrogens (tertiary/aromatic N) is 4. The molecule has 3 heterocycles. The molecule has 1 atom stereocenters. The minimum Gasteiger partial charge on any atom is -0.350 e. The van der Waals surface area contributed by atoms with Gasteiger partial charge in [0.25, 0.3) is 5.91 Å². The van der Waals surface area contributed by atoms with Gasteiger partial charge in [-0.05, 0) is 42.3 Å². The van der Waals surface area contributed by atoms with Gasteiger partial charge in [-0.1, -0.05) is 6.07 Å². The molecule has 1 N–H and O–H groups in total. The van der Waals surface area contributed by atoms with E-state index in [0.717, 1.165) is 23.6 Å². The molecule has 0 aromatic carbocycles. The average Bonchev–Trinajstić information content (AvgIpc) is 3.18. The molecule has 23 heavy (non-hydrogen) atoms. The Kier molecular flexibility index (Phi) is 4.92. The van der Waals surface area contributed by atoms with Gasteiger partial charge in [-0.2, -0.15) is 11.8 Å². The van der Waals surface area contributed by atoms with Crippen LogP contribution in [-0.4, -0.2) is 48.5 Å². The quantitative estimate of drug-likeness (QED) is 0.801. The first-order valence-corrected chi connectivity index (χ1v) is 9.03. The van der Waals surface area contributed by atoms with Crippen molar-refractivity contribution in [2.24, 2.45) is 0 Å². The van der Waals surface area contributed by atoms with Crippen molar-refractivity contribution in [2.75, 3.05) is 12.0 Å². The highest BCUT2D eigenvalue weighted by Gasteiger charge is 2.34. The molecule has 6 nitrogen and oxygen atoms in total. The van der Waals surface area contributed by atoms with Crippen LogP contribution in [0.3, 0.4) is 0 Å². The second-order valence-corrected chi connectivity index (χ2v) is 6.57. The van der Waals surface area contributed by atoms with Crippen molar-refractivity contribution in [2.45, 2.75) is 19.0 Å². The number of imidazole rings is 1. The predicted molar refractivity (Wildman–Crippen MR) is 94.4 cm³/mol. The number of nitrogens with one attached hydrogen (secondary N) is 1. The maximum atomic E-state index is 12.4. The van der Waals surface area contributed by atoms with Gasteiger partial charge in [0.05, 0.1) is 6.54 Å². The van der Waals surface area contributed by atoms with E-state index >= 15 is 0 Å². The fourth-order valence-corrected chi connectivity index (χ4v) is 3.17. The summed E-state index contributed by atoms with van der Waals surface area (Å²) in [6.45, 7) is 0.442. The Labute approximate surface area is 144 Å². The van der Waals surface area contributed by atoms with Crippen molar-refractivity contribution in [3.63, 3.8) is 0 Å². The van der Waals surface area contributed by atoms with Crippen LogP contribution in [0.25, 0.3) is 5.82 Å². The standard InChI is InChI=1S/C15H17N5OS2/c1-23-7-4-12-14(21)20(15(22)18-12)9-11-2-3-13(17-8-11)19-6-5-16-10-19/h2-3,5-6,8,10,12H,4,7,9H2,1H3,(H,18,22)/t12-/m0/s1. The van der Waals surface area contributed by atoms with E-state index < -0.39 is 0 Å². The highest BCUT2D eigenvalue weighted by atomic mass is 32.2. The van der Waals surface area contributed by atoms with Crippen LogP contribution >= 0.6 is 24.0 Å². The van der Waals surface area contributed by atoms with E-state index in [4.69, 9.17) is 12.2 Å². The van der Waals surface area contributed by atoms with Crippen LogP contribution in [0.2, 0.25) is 0 Å². The number of thioether (sulfide) groups is 1. The average molecular weight is 347 g/mol. The van der Waals surface area contributed by atoms with Crippen LogP contribution in [0, 0.1) is 0 Å². The van der Waals surface area contributed by atoms with Gasteiger partial charge in [0, 0.05) is 18.6 Å². The largest absolute Gasteiger partial charge is 0.350 e. The number of carbonyl (C=O) groups excluding carboxylic acids is 1. The third-order valence-electron chi connectivity index (χ3n) is 3.64. The van der Waals surface area contributed by atoms with Gasteiger partial charge in [0.15, 0.2) is 5.11 Å². The monoisotopic (exact) mass is 347 g/mol. The molecular weight excluding hydrogens is 330 g/mol. The SMILES string of the molecule is CSCC[C@@H]1NC(=S)N(Cc2ccc(-n3ccnc3)nc2)C1=O. The molecule has 0 bridgehead atoms. The van der Waals surface area contributed by atoms with Gasteiger partial charge in [-0.15, -0.1) is 0 Å². The van der Waals surface area contributed by atoms with E-state index in [9.17, 15) is 4.79 Å². The molecule has 1 aliphatic heterocycles. The number of hydrogen-bond acceptors (Lipinski definition) is 5. The van der Waals surface area contributed by atoms with Crippen molar-refractivity contribution in [3.05, 3.63) is 42.6 Å². The van der Waals surface area contributed by atoms with Crippen LogP contribution in [0.15, 0.2) is 37.1 Å². The zero-order chi connectivity index (χ0) is 16.2. The minimum absolute atomic E-state index is 0.0442. The Hall–Kier alpha value is -1.93. The predicted octanol–water partition coefficient (Wildman–Crippen LogP) is 1.61. The van der Waals surface area contributed by atoms with Gasteiger partial charge in [-0.25, -0.2) is 9.97 Å². The molecular formula is C15H17N5OS2. The van der Waals surface area contributed by atoms with E-state index in [1.165, 1.54) is 0 Å². The van der Waals surface area contributed by atoms with E-state index in [1.54, 1.807) is 35.4 Å². The number of rotatable bonds is 6. The zero-order valence-corrected chi connectivity index (χ0v) is 14.3. The highest BCUT2D eigenvalue weighted by Crippen LogP contribution is 2.16. The number of pyridine rings is 1.